The predicted octanol–water partition coefficient (Wildman–Crippen LogP) is 5.66. The first-order valence-electron chi connectivity index (χ1n) is 8.80. The van der Waals surface area contributed by atoms with E-state index < -0.39 is 0 Å². The first kappa shape index (κ1) is 17.4. The number of fused-ring (bicyclic) bond motifs is 2. The van der Waals surface area contributed by atoms with E-state index in [1.54, 1.807) is 6.07 Å². The zero-order chi connectivity index (χ0) is 16.6. The Kier molecular flexibility index (Phi) is 5.15. The van der Waals surface area contributed by atoms with Crippen LogP contribution in [0.2, 0.25) is 10.0 Å². The number of hydrogen-bond donors (Lipinski definition) is 0. The summed E-state index contributed by atoms with van der Waals surface area (Å²) in [5, 5.41) is 1.09. The summed E-state index contributed by atoms with van der Waals surface area (Å²) in [4.78, 5) is 2.66. The highest BCUT2D eigenvalue weighted by Crippen LogP contribution is 2.51. The third-order valence-electron chi connectivity index (χ3n) is 6.46. The maximum atomic E-state index is 6.28. The molecule has 2 aliphatic rings. The summed E-state index contributed by atoms with van der Waals surface area (Å²) in [5.41, 5.74) is 0.280. The Morgan fingerprint density at radius 3 is 2.83 bits per heavy atom. The van der Waals surface area contributed by atoms with Gasteiger partial charge < -0.3 is 4.74 Å². The topological polar surface area (TPSA) is 12.5 Å². The van der Waals surface area contributed by atoms with E-state index in [0.717, 1.165) is 12.6 Å². The number of benzene rings is 1. The lowest BCUT2D eigenvalue weighted by molar-refractivity contribution is -0.0352. The van der Waals surface area contributed by atoms with Crippen molar-refractivity contribution in [1.82, 2.24) is 4.90 Å². The van der Waals surface area contributed by atoms with Crippen LogP contribution in [0, 0.1) is 11.8 Å². The van der Waals surface area contributed by atoms with Gasteiger partial charge in [0.15, 0.2) is 0 Å². The van der Waals surface area contributed by atoms with Crippen molar-refractivity contribution in [3.8, 4) is 5.75 Å². The molecule has 0 radical (unpaired) electrons. The molecule has 0 spiro atoms. The smallest absolute Gasteiger partial charge is 0.139 e. The fourth-order valence-electron chi connectivity index (χ4n) is 4.94. The van der Waals surface area contributed by atoms with Gasteiger partial charge >= 0.3 is 0 Å². The van der Waals surface area contributed by atoms with Gasteiger partial charge in [0.25, 0.3) is 0 Å². The van der Waals surface area contributed by atoms with Gasteiger partial charge in [0, 0.05) is 17.5 Å². The van der Waals surface area contributed by atoms with Crippen molar-refractivity contribution >= 4 is 23.2 Å². The molecule has 128 valence electrons. The third kappa shape index (κ3) is 2.88. The molecule has 4 heteroatoms. The molecule has 1 aromatic carbocycles. The van der Waals surface area contributed by atoms with Crippen molar-refractivity contribution in [3.63, 3.8) is 0 Å². The zero-order valence-electron chi connectivity index (χ0n) is 14.3. The van der Waals surface area contributed by atoms with E-state index >= 15 is 0 Å². The molecule has 0 aromatic heterocycles. The van der Waals surface area contributed by atoms with Crippen LogP contribution < -0.4 is 4.74 Å². The lowest BCUT2D eigenvalue weighted by atomic mass is 9.69. The molecule has 2 aliphatic heterocycles. The van der Waals surface area contributed by atoms with Gasteiger partial charge in [-0.3, -0.25) is 4.90 Å². The van der Waals surface area contributed by atoms with Crippen molar-refractivity contribution in [2.24, 2.45) is 11.8 Å². The summed E-state index contributed by atoms with van der Waals surface area (Å²) in [6.07, 6.45) is 6.37. The van der Waals surface area contributed by atoms with Crippen molar-refractivity contribution < 1.29 is 4.74 Å². The number of piperidine rings is 1. The first-order chi connectivity index (χ1) is 11.0. The summed E-state index contributed by atoms with van der Waals surface area (Å²) in [5.74, 6) is 1.94. The van der Waals surface area contributed by atoms with Crippen molar-refractivity contribution in [1.29, 1.82) is 0 Å². The van der Waals surface area contributed by atoms with Crippen LogP contribution in [0.5, 0.6) is 5.75 Å². The highest BCUT2D eigenvalue weighted by atomic mass is 35.5. The van der Waals surface area contributed by atoms with Gasteiger partial charge in [0.1, 0.15) is 10.8 Å². The van der Waals surface area contributed by atoms with E-state index in [4.69, 9.17) is 27.9 Å². The summed E-state index contributed by atoms with van der Waals surface area (Å²) < 4.78 is 6.13. The van der Waals surface area contributed by atoms with Crippen LogP contribution in [-0.4, -0.2) is 30.1 Å². The maximum absolute atomic E-state index is 6.28. The SMILES string of the molecule is CC[C@H](C)C12CCC(CC[C@H]1COc1cccc(Cl)c1Cl)N2C. The molecule has 3 rings (SSSR count). The molecule has 1 aromatic rings. The van der Waals surface area contributed by atoms with Crippen molar-refractivity contribution in [3.05, 3.63) is 28.2 Å². The quantitative estimate of drug-likeness (QED) is 0.675. The molecule has 2 fully saturated rings. The highest BCUT2D eigenvalue weighted by Gasteiger charge is 2.54. The summed E-state index contributed by atoms with van der Waals surface area (Å²) in [7, 11) is 2.32. The van der Waals surface area contributed by atoms with E-state index in [2.05, 4.69) is 25.8 Å². The van der Waals surface area contributed by atoms with E-state index in [9.17, 15) is 0 Å². The largest absolute Gasteiger partial charge is 0.492 e. The van der Waals surface area contributed by atoms with Crippen molar-refractivity contribution in [2.45, 2.75) is 57.5 Å². The Balaban J connectivity index is 1.79. The van der Waals surface area contributed by atoms with Gasteiger partial charge in [-0.1, -0.05) is 49.5 Å². The number of halogens is 2. The normalized spacial score (nSPS) is 32.0. The van der Waals surface area contributed by atoms with Gasteiger partial charge in [-0.25, -0.2) is 0 Å². The van der Waals surface area contributed by atoms with Crippen LogP contribution in [0.1, 0.15) is 46.0 Å². The van der Waals surface area contributed by atoms with E-state index in [0.29, 0.717) is 27.6 Å². The standard InChI is InChI=1S/C19H27Cl2NO/c1-4-13(2)19-11-10-15(22(19)3)9-8-14(19)12-23-17-7-5-6-16(20)18(17)21/h5-7,13-15H,4,8-12H2,1-3H3/t13-,14-,15?,19?/m0/s1. The minimum Gasteiger partial charge on any atom is -0.492 e. The van der Waals surface area contributed by atoms with E-state index in [1.807, 2.05) is 12.1 Å². The Bertz CT molecular complexity index is 564. The Morgan fingerprint density at radius 2 is 2.09 bits per heavy atom. The van der Waals surface area contributed by atoms with E-state index in [1.165, 1.54) is 32.1 Å². The average Bonchev–Trinajstić information content (AvgIpc) is 2.76. The molecule has 0 saturated carbocycles. The molecule has 23 heavy (non-hydrogen) atoms. The minimum absolute atomic E-state index is 0.280. The Labute approximate surface area is 150 Å². The maximum Gasteiger partial charge on any atom is 0.139 e. The number of nitrogens with zero attached hydrogens (tertiary/aromatic N) is 1. The molecule has 4 atom stereocenters. The van der Waals surface area contributed by atoms with Crippen LogP contribution in [0.3, 0.4) is 0 Å². The summed E-state index contributed by atoms with van der Waals surface area (Å²) >= 11 is 12.4. The molecule has 0 N–H and O–H groups in total. The highest BCUT2D eigenvalue weighted by molar-refractivity contribution is 6.42. The lowest BCUT2D eigenvalue weighted by Gasteiger charge is -2.51. The van der Waals surface area contributed by atoms with E-state index in [-0.39, 0.29) is 5.54 Å². The van der Waals surface area contributed by atoms with Crippen molar-refractivity contribution in [2.75, 3.05) is 13.7 Å². The molecule has 2 bridgehead atoms. The lowest BCUT2D eigenvalue weighted by Crippen LogP contribution is -2.58. The first-order valence-corrected chi connectivity index (χ1v) is 9.56. The number of hydrogen-bond acceptors (Lipinski definition) is 2. The molecular weight excluding hydrogens is 329 g/mol. The second-order valence-corrected chi connectivity index (χ2v) is 8.03. The molecule has 2 unspecified atom stereocenters. The van der Waals surface area contributed by atoms with Gasteiger partial charge in [0.05, 0.1) is 11.6 Å². The summed E-state index contributed by atoms with van der Waals surface area (Å²) in [6, 6.07) is 6.36. The molecule has 2 saturated heterocycles. The van der Waals surface area contributed by atoms with Gasteiger partial charge in [-0.2, -0.15) is 0 Å². The van der Waals surface area contributed by atoms with Crippen LogP contribution in [-0.2, 0) is 0 Å². The fraction of sp³-hybridized carbons (Fsp3) is 0.684. The van der Waals surface area contributed by atoms with Gasteiger partial charge in [-0.05, 0) is 50.8 Å². The Hall–Kier alpha value is -0.440. The number of rotatable bonds is 5. The predicted molar refractivity (Wildman–Crippen MR) is 97.7 cm³/mol. The van der Waals surface area contributed by atoms with Crippen LogP contribution >= 0.6 is 23.2 Å². The summed E-state index contributed by atoms with van der Waals surface area (Å²) in [6.45, 7) is 5.44. The van der Waals surface area contributed by atoms with Gasteiger partial charge in [-0.15, -0.1) is 0 Å². The van der Waals surface area contributed by atoms with Crippen LogP contribution in [0.4, 0.5) is 0 Å². The monoisotopic (exact) mass is 355 g/mol. The zero-order valence-corrected chi connectivity index (χ0v) is 15.8. The molecule has 0 aliphatic carbocycles. The van der Waals surface area contributed by atoms with Crippen LogP contribution in [0.25, 0.3) is 0 Å². The Morgan fingerprint density at radius 1 is 1.30 bits per heavy atom. The minimum atomic E-state index is 0.280. The van der Waals surface area contributed by atoms with Gasteiger partial charge in [0.2, 0.25) is 0 Å². The molecular formula is C19H27Cl2NO. The fourth-order valence-corrected chi connectivity index (χ4v) is 5.29. The van der Waals surface area contributed by atoms with Crippen LogP contribution in [0.15, 0.2) is 18.2 Å². The number of ether oxygens (including phenoxy) is 1. The average molecular weight is 356 g/mol. The second kappa shape index (κ2) is 6.82. The molecule has 0 amide bonds. The third-order valence-corrected chi connectivity index (χ3v) is 7.26. The second-order valence-electron chi connectivity index (χ2n) is 7.24. The molecule has 2 nitrogen and oxygen atoms in total. The molecule has 2 heterocycles.